The molecule has 0 fully saturated rings. The van der Waals surface area contributed by atoms with E-state index < -0.39 is 0 Å². The number of carbonyl (C=O) groups is 1. The Morgan fingerprint density at radius 2 is 1.70 bits per heavy atom. The van der Waals surface area contributed by atoms with Crippen molar-refractivity contribution in [3.05, 3.63) is 58.1 Å². The van der Waals surface area contributed by atoms with Gasteiger partial charge in [-0.25, -0.2) is 0 Å². The van der Waals surface area contributed by atoms with Gasteiger partial charge in [0.2, 0.25) is 0 Å². The Labute approximate surface area is 131 Å². The van der Waals surface area contributed by atoms with Crippen molar-refractivity contribution in [1.82, 2.24) is 0 Å². The summed E-state index contributed by atoms with van der Waals surface area (Å²) < 4.78 is 0. The van der Waals surface area contributed by atoms with E-state index in [0.29, 0.717) is 32.1 Å². The van der Waals surface area contributed by atoms with E-state index in [9.17, 15) is 4.79 Å². The molecule has 0 amide bonds. The van der Waals surface area contributed by atoms with Crippen LogP contribution in [-0.2, 0) is 0 Å². The number of anilines is 2. The fraction of sp³-hybridized carbons (Fsp3) is 0. The lowest BCUT2D eigenvalue weighted by atomic mass is 10.2. The number of aldehydes is 1. The molecule has 0 unspecified atom stereocenters. The third-order valence-corrected chi connectivity index (χ3v) is 3.10. The van der Waals surface area contributed by atoms with Crippen LogP contribution in [-0.4, -0.2) is 11.4 Å². The Kier molecular flexibility index (Phi) is 4.95. The number of hydrogen-bond acceptors (Lipinski definition) is 2. The van der Waals surface area contributed by atoms with Crippen molar-refractivity contribution in [2.75, 3.05) is 10.6 Å². The van der Waals surface area contributed by atoms with Crippen LogP contribution in [0.4, 0.5) is 11.4 Å². The Morgan fingerprint density at radius 1 is 1.05 bits per heavy atom. The topological polar surface area (TPSA) is 41.1 Å². The molecule has 2 aromatic carbocycles. The smallest absolute Gasteiger partial charge is 0.175 e. The van der Waals surface area contributed by atoms with Crippen molar-refractivity contribution in [2.45, 2.75) is 0 Å². The van der Waals surface area contributed by atoms with Crippen molar-refractivity contribution < 1.29 is 4.79 Å². The van der Waals surface area contributed by atoms with Crippen LogP contribution in [0.5, 0.6) is 0 Å². The minimum Gasteiger partial charge on any atom is -0.332 e. The summed E-state index contributed by atoms with van der Waals surface area (Å²) in [5.74, 6) is 0. The molecule has 20 heavy (non-hydrogen) atoms. The second kappa shape index (κ2) is 6.70. The first-order chi connectivity index (χ1) is 9.58. The number of para-hydroxylation sites is 1. The van der Waals surface area contributed by atoms with Gasteiger partial charge in [-0.05, 0) is 42.5 Å². The predicted octanol–water partition coefficient (Wildman–Crippen LogP) is 4.61. The molecule has 0 spiro atoms. The molecule has 0 aromatic heterocycles. The van der Waals surface area contributed by atoms with E-state index in [4.69, 9.17) is 35.4 Å². The highest BCUT2D eigenvalue weighted by Crippen LogP contribution is 2.22. The molecular weight excluding hydrogens is 315 g/mol. The molecule has 0 atom stereocenters. The van der Waals surface area contributed by atoms with E-state index in [2.05, 4.69) is 10.6 Å². The Morgan fingerprint density at radius 3 is 2.35 bits per heavy atom. The highest BCUT2D eigenvalue weighted by Gasteiger charge is 2.04. The first-order valence-corrected chi connectivity index (χ1v) is 6.83. The highest BCUT2D eigenvalue weighted by molar-refractivity contribution is 7.80. The van der Waals surface area contributed by atoms with E-state index in [1.165, 1.54) is 0 Å². The third-order valence-electron chi connectivity index (χ3n) is 2.46. The minimum atomic E-state index is 0.345. The van der Waals surface area contributed by atoms with Gasteiger partial charge in [-0.15, -0.1) is 0 Å². The molecule has 0 aliphatic rings. The van der Waals surface area contributed by atoms with Crippen molar-refractivity contribution in [1.29, 1.82) is 0 Å². The van der Waals surface area contributed by atoms with Crippen molar-refractivity contribution in [3.63, 3.8) is 0 Å². The predicted molar refractivity (Wildman–Crippen MR) is 88.1 cm³/mol. The van der Waals surface area contributed by atoms with Crippen molar-refractivity contribution in [2.24, 2.45) is 0 Å². The maximum Gasteiger partial charge on any atom is 0.175 e. The van der Waals surface area contributed by atoms with Crippen LogP contribution in [0, 0.1) is 0 Å². The molecular formula is C14H10Cl2N2OS. The van der Waals surface area contributed by atoms with E-state index in [1.54, 1.807) is 36.4 Å². The van der Waals surface area contributed by atoms with Gasteiger partial charge >= 0.3 is 0 Å². The molecule has 102 valence electrons. The Hall–Kier alpha value is -1.62. The van der Waals surface area contributed by atoms with Crippen LogP contribution in [0.25, 0.3) is 0 Å². The fourth-order valence-corrected chi connectivity index (χ4v) is 2.38. The SMILES string of the molecule is O=Cc1ccccc1NC(=S)Nc1cc(Cl)cc(Cl)c1. The van der Waals surface area contributed by atoms with E-state index in [0.717, 1.165) is 6.29 Å². The van der Waals surface area contributed by atoms with Crippen LogP contribution >= 0.6 is 35.4 Å². The zero-order valence-corrected chi connectivity index (χ0v) is 12.5. The summed E-state index contributed by atoms with van der Waals surface area (Å²) in [6, 6.07) is 12.1. The van der Waals surface area contributed by atoms with Crippen LogP contribution in [0.3, 0.4) is 0 Å². The summed E-state index contributed by atoms with van der Waals surface area (Å²) in [5.41, 5.74) is 1.83. The lowest BCUT2D eigenvalue weighted by Crippen LogP contribution is -2.19. The minimum absolute atomic E-state index is 0.345. The lowest BCUT2D eigenvalue weighted by Gasteiger charge is -2.12. The second-order valence-electron chi connectivity index (χ2n) is 3.94. The van der Waals surface area contributed by atoms with Gasteiger partial charge in [0, 0.05) is 21.3 Å². The van der Waals surface area contributed by atoms with E-state index in [-0.39, 0.29) is 0 Å². The van der Waals surface area contributed by atoms with Gasteiger partial charge in [0.1, 0.15) is 0 Å². The number of benzene rings is 2. The summed E-state index contributed by atoms with van der Waals surface area (Å²) in [7, 11) is 0. The van der Waals surface area contributed by atoms with Gasteiger partial charge < -0.3 is 10.6 Å². The van der Waals surface area contributed by atoms with E-state index in [1.807, 2.05) is 6.07 Å². The van der Waals surface area contributed by atoms with Gasteiger partial charge in [-0.2, -0.15) is 0 Å². The fourth-order valence-electron chi connectivity index (χ4n) is 1.62. The monoisotopic (exact) mass is 324 g/mol. The van der Waals surface area contributed by atoms with Gasteiger partial charge in [0.25, 0.3) is 0 Å². The number of halogens is 2. The van der Waals surface area contributed by atoms with Crippen LogP contribution in [0.2, 0.25) is 10.0 Å². The second-order valence-corrected chi connectivity index (χ2v) is 5.22. The van der Waals surface area contributed by atoms with Crippen LogP contribution < -0.4 is 10.6 Å². The standard InChI is InChI=1S/C14H10Cl2N2OS/c15-10-5-11(16)7-12(6-10)17-14(20)18-13-4-2-1-3-9(13)8-19/h1-8H,(H2,17,18,20). The van der Waals surface area contributed by atoms with E-state index >= 15 is 0 Å². The zero-order valence-electron chi connectivity index (χ0n) is 10.2. The summed E-state index contributed by atoms with van der Waals surface area (Å²) in [5, 5.41) is 7.28. The molecule has 2 aromatic rings. The van der Waals surface area contributed by atoms with Crippen molar-refractivity contribution >= 4 is 58.2 Å². The number of rotatable bonds is 3. The highest BCUT2D eigenvalue weighted by atomic mass is 35.5. The molecule has 0 heterocycles. The first kappa shape index (κ1) is 14.8. The summed E-state index contributed by atoms with van der Waals surface area (Å²) >= 11 is 17.0. The van der Waals surface area contributed by atoms with Crippen LogP contribution in [0.1, 0.15) is 10.4 Å². The number of nitrogens with one attached hydrogen (secondary N) is 2. The lowest BCUT2D eigenvalue weighted by molar-refractivity contribution is 0.112. The molecule has 6 heteroatoms. The van der Waals surface area contributed by atoms with Gasteiger partial charge in [-0.1, -0.05) is 35.3 Å². The third kappa shape index (κ3) is 3.93. The largest absolute Gasteiger partial charge is 0.332 e. The summed E-state index contributed by atoms with van der Waals surface area (Å²) in [6.07, 6.45) is 0.765. The summed E-state index contributed by atoms with van der Waals surface area (Å²) in [4.78, 5) is 10.9. The quantitative estimate of drug-likeness (QED) is 0.638. The zero-order chi connectivity index (χ0) is 14.5. The molecule has 0 bridgehead atoms. The summed E-state index contributed by atoms with van der Waals surface area (Å²) in [6.45, 7) is 0. The molecule has 0 saturated heterocycles. The Balaban J connectivity index is 2.11. The number of hydrogen-bond donors (Lipinski definition) is 2. The molecule has 0 saturated carbocycles. The average Bonchev–Trinajstić information content (AvgIpc) is 2.37. The number of carbonyl (C=O) groups excluding carboxylic acids is 1. The molecule has 0 aliphatic heterocycles. The normalized spacial score (nSPS) is 9.90. The molecule has 0 aliphatic carbocycles. The molecule has 2 N–H and O–H groups in total. The molecule has 2 rings (SSSR count). The Bertz CT molecular complexity index is 641. The van der Waals surface area contributed by atoms with Crippen LogP contribution in [0.15, 0.2) is 42.5 Å². The number of thiocarbonyl (C=S) groups is 1. The first-order valence-electron chi connectivity index (χ1n) is 5.67. The molecule has 3 nitrogen and oxygen atoms in total. The van der Waals surface area contributed by atoms with Crippen molar-refractivity contribution in [3.8, 4) is 0 Å². The average molecular weight is 325 g/mol. The molecule has 0 radical (unpaired) electrons. The van der Waals surface area contributed by atoms with Gasteiger partial charge in [0.05, 0.1) is 5.69 Å². The van der Waals surface area contributed by atoms with Gasteiger partial charge in [-0.3, -0.25) is 4.79 Å². The maximum absolute atomic E-state index is 10.9. The van der Waals surface area contributed by atoms with Gasteiger partial charge in [0.15, 0.2) is 11.4 Å². The maximum atomic E-state index is 10.9.